The molecule has 1 aromatic carbocycles. The minimum absolute atomic E-state index is 0.292. The summed E-state index contributed by atoms with van der Waals surface area (Å²) in [6.07, 6.45) is 1.24. The SMILES string of the molecule is N#CC1(C(=O)Nc2c([N+](=O)[O-])ccc(F)c2F)CCC1. The van der Waals surface area contributed by atoms with E-state index in [0.717, 1.165) is 6.07 Å². The molecule has 0 spiro atoms. The molecule has 0 bridgehead atoms. The lowest BCUT2D eigenvalue weighted by Gasteiger charge is -2.33. The Bertz CT molecular complexity index is 636. The largest absolute Gasteiger partial charge is 0.316 e. The minimum atomic E-state index is -1.51. The van der Waals surface area contributed by atoms with Crippen molar-refractivity contribution in [2.45, 2.75) is 19.3 Å². The van der Waals surface area contributed by atoms with E-state index in [1.165, 1.54) is 0 Å². The van der Waals surface area contributed by atoms with Gasteiger partial charge in [0.2, 0.25) is 5.91 Å². The summed E-state index contributed by atoms with van der Waals surface area (Å²) in [6.45, 7) is 0. The van der Waals surface area contributed by atoms with Crippen LogP contribution in [0.25, 0.3) is 0 Å². The van der Waals surface area contributed by atoms with Gasteiger partial charge in [0.15, 0.2) is 17.3 Å². The van der Waals surface area contributed by atoms with Gasteiger partial charge in [0, 0.05) is 6.07 Å². The van der Waals surface area contributed by atoms with Gasteiger partial charge in [-0.1, -0.05) is 0 Å². The summed E-state index contributed by atoms with van der Waals surface area (Å²) >= 11 is 0. The first-order valence-corrected chi connectivity index (χ1v) is 5.76. The van der Waals surface area contributed by atoms with Crippen LogP contribution < -0.4 is 5.32 Å². The number of carbonyl (C=O) groups is 1. The smallest absolute Gasteiger partial charge is 0.296 e. The molecule has 6 nitrogen and oxygen atoms in total. The number of carbonyl (C=O) groups excluding carboxylic acids is 1. The third kappa shape index (κ3) is 2.07. The Kier molecular flexibility index (Phi) is 3.36. The molecule has 1 saturated carbocycles. The van der Waals surface area contributed by atoms with E-state index >= 15 is 0 Å². The Balaban J connectivity index is 2.38. The number of halogens is 2. The van der Waals surface area contributed by atoms with E-state index in [4.69, 9.17) is 5.26 Å². The Labute approximate surface area is 112 Å². The number of anilines is 1. The molecule has 2 rings (SSSR count). The zero-order valence-corrected chi connectivity index (χ0v) is 10.2. The summed E-state index contributed by atoms with van der Waals surface area (Å²) in [6, 6.07) is 3.18. The second-order valence-electron chi connectivity index (χ2n) is 4.51. The zero-order chi connectivity index (χ0) is 14.9. The molecule has 1 aliphatic rings. The van der Waals surface area contributed by atoms with Gasteiger partial charge in [-0.2, -0.15) is 5.26 Å². The third-order valence-electron chi connectivity index (χ3n) is 3.36. The number of nitro benzene ring substituents is 1. The average Bonchev–Trinajstić information content (AvgIpc) is 2.34. The van der Waals surface area contributed by atoms with E-state index in [1.54, 1.807) is 0 Å². The second-order valence-corrected chi connectivity index (χ2v) is 4.51. The van der Waals surface area contributed by atoms with E-state index in [9.17, 15) is 23.7 Å². The van der Waals surface area contributed by atoms with Crippen LogP contribution in [0.5, 0.6) is 0 Å². The molecule has 20 heavy (non-hydrogen) atoms. The lowest BCUT2D eigenvalue weighted by Crippen LogP contribution is -2.41. The molecule has 0 aromatic heterocycles. The van der Waals surface area contributed by atoms with Crippen LogP contribution in [0.15, 0.2) is 12.1 Å². The first-order chi connectivity index (χ1) is 9.41. The van der Waals surface area contributed by atoms with Gasteiger partial charge < -0.3 is 5.32 Å². The van der Waals surface area contributed by atoms with Gasteiger partial charge in [0.05, 0.1) is 11.0 Å². The first-order valence-electron chi connectivity index (χ1n) is 5.76. The van der Waals surface area contributed by atoms with E-state index in [0.29, 0.717) is 25.3 Å². The molecule has 1 N–H and O–H groups in total. The van der Waals surface area contributed by atoms with E-state index in [2.05, 4.69) is 0 Å². The summed E-state index contributed by atoms with van der Waals surface area (Å²) in [5.74, 6) is -3.68. The normalized spacial score (nSPS) is 15.8. The molecule has 1 fully saturated rings. The molecular weight excluding hydrogens is 272 g/mol. The molecule has 0 atom stereocenters. The maximum absolute atomic E-state index is 13.6. The van der Waals surface area contributed by atoms with Gasteiger partial charge in [-0.05, 0) is 25.3 Å². The predicted molar refractivity (Wildman–Crippen MR) is 63.5 cm³/mol. The Morgan fingerprint density at radius 3 is 2.55 bits per heavy atom. The molecule has 0 radical (unpaired) electrons. The number of hydrogen-bond acceptors (Lipinski definition) is 4. The number of nitrogens with one attached hydrogen (secondary N) is 1. The van der Waals surface area contributed by atoms with Crippen molar-refractivity contribution in [3.63, 3.8) is 0 Å². The molecule has 0 unspecified atom stereocenters. The van der Waals surface area contributed by atoms with Crippen LogP contribution in [0.4, 0.5) is 20.2 Å². The summed E-state index contributed by atoms with van der Waals surface area (Å²) < 4.78 is 26.8. The highest BCUT2D eigenvalue weighted by molar-refractivity contribution is 5.99. The minimum Gasteiger partial charge on any atom is -0.316 e. The molecule has 0 saturated heterocycles. The topological polar surface area (TPSA) is 96.0 Å². The quantitative estimate of drug-likeness (QED) is 0.680. The van der Waals surface area contributed by atoms with Crippen molar-refractivity contribution >= 4 is 17.3 Å². The van der Waals surface area contributed by atoms with E-state index in [1.807, 2.05) is 11.4 Å². The van der Waals surface area contributed by atoms with Crippen LogP contribution in [0.2, 0.25) is 0 Å². The van der Waals surface area contributed by atoms with Crippen LogP contribution in [-0.2, 0) is 4.79 Å². The molecule has 1 aliphatic carbocycles. The van der Waals surface area contributed by atoms with Gasteiger partial charge in [0.25, 0.3) is 5.69 Å². The van der Waals surface area contributed by atoms with E-state index in [-0.39, 0.29) is 0 Å². The van der Waals surface area contributed by atoms with Crippen LogP contribution in [0.1, 0.15) is 19.3 Å². The summed E-state index contributed by atoms with van der Waals surface area (Å²) in [5, 5.41) is 21.7. The summed E-state index contributed by atoms with van der Waals surface area (Å²) in [5.41, 5.74) is -2.92. The van der Waals surface area contributed by atoms with Crippen LogP contribution in [-0.4, -0.2) is 10.8 Å². The Hall–Kier alpha value is -2.56. The number of nitro groups is 1. The van der Waals surface area contributed by atoms with Gasteiger partial charge in [-0.3, -0.25) is 14.9 Å². The maximum atomic E-state index is 13.6. The van der Waals surface area contributed by atoms with Crippen molar-refractivity contribution in [1.82, 2.24) is 0 Å². The molecule has 1 aromatic rings. The summed E-state index contributed by atoms with van der Waals surface area (Å²) in [4.78, 5) is 21.8. The van der Waals surface area contributed by atoms with Gasteiger partial charge in [-0.25, -0.2) is 8.78 Å². The van der Waals surface area contributed by atoms with Gasteiger partial charge in [0.1, 0.15) is 5.41 Å². The monoisotopic (exact) mass is 281 g/mol. The molecule has 8 heteroatoms. The molecule has 0 aliphatic heterocycles. The van der Waals surface area contributed by atoms with Crippen LogP contribution >= 0.6 is 0 Å². The van der Waals surface area contributed by atoms with Gasteiger partial charge >= 0.3 is 0 Å². The molecule has 104 valence electrons. The molecule has 0 heterocycles. The van der Waals surface area contributed by atoms with E-state index < -0.39 is 39.3 Å². The number of amides is 1. The first kappa shape index (κ1) is 13.9. The maximum Gasteiger partial charge on any atom is 0.296 e. The van der Waals surface area contributed by atoms with Gasteiger partial charge in [-0.15, -0.1) is 0 Å². The predicted octanol–water partition coefficient (Wildman–Crippen LogP) is 2.51. The molecular formula is C12H9F2N3O3. The van der Waals surface area contributed by atoms with Crippen LogP contribution in [0.3, 0.4) is 0 Å². The lowest BCUT2D eigenvalue weighted by molar-refractivity contribution is -0.384. The number of benzene rings is 1. The third-order valence-corrected chi connectivity index (χ3v) is 3.36. The standard InChI is InChI=1S/C12H9F2N3O3/c13-7-2-3-8(17(19)20)10(9(7)14)16-11(18)12(6-15)4-1-5-12/h2-3H,1,4-5H2,(H,16,18). The van der Waals surface area contributed by atoms with Crippen molar-refractivity contribution < 1.29 is 18.5 Å². The van der Waals surface area contributed by atoms with Crippen molar-refractivity contribution in [2.24, 2.45) is 5.41 Å². The highest BCUT2D eigenvalue weighted by atomic mass is 19.2. The van der Waals surface area contributed by atoms with Crippen LogP contribution in [0, 0.1) is 38.5 Å². The fourth-order valence-corrected chi connectivity index (χ4v) is 1.96. The highest BCUT2D eigenvalue weighted by Gasteiger charge is 2.45. The number of nitriles is 1. The van der Waals surface area contributed by atoms with Crippen molar-refractivity contribution in [3.05, 3.63) is 33.9 Å². The average molecular weight is 281 g/mol. The Morgan fingerprint density at radius 1 is 1.45 bits per heavy atom. The zero-order valence-electron chi connectivity index (χ0n) is 10.2. The van der Waals surface area contributed by atoms with Crippen molar-refractivity contribution in [3.8, 4) is 6.07 Å². The highest BCUT2D eigenvalue weighted by Crippen LogP contribution is 2.42. The summed E-state index contributed by atoms with van der Waals surface area (Å²) in [7, 11) is 0. The molecule has 1 amide bonds. The number of rotatable bonds is 3. The fourth-order valence-electron chi connectivity index (χ4n) is 1.96. The number of hydrogen-bond donors (Lipinski definition) is 1. The second kappa shape index (κ2) is 4.85. The Morgan fingerprint density at radius 2 is 2.10 bits per heavy atom. The fraction of sp³-hybridized carbons (Fsp3) is 0.333. The van der Waals surface area contributed by atoms with Crippen molar-refractivity contribution in [2.75, 3.05) is 5.32 Å². The lowest BCUT2D eigenvalue weighted by atomic mass is 9.69. The number of nitrogens with zero attached hydrogens (tertiary/aromatic N) is 2. The van der Waals surface area contributed by atoms with Crippen molar-refractivity contribution in [1.29, 1.82) is 5.26 Å².